The molecule has 0 aliphatic carbocycles. The van der Waals surface area contributed by atoms with Crippen molar-refractivity contribution in [2.45, 2.75) is 58.5 Å². The Morgan fingerprint density at radius 3 is 2.19 bits per heavy atom. The van der Waals surface area contributed by atoms with E-state index in [0.717, 1.165) is 0 Å². The van der Waals surface area contributed by atoms with Gasteiger partial charge in [-0.05, 0) is 17.9 Å². The lowest BCUT2D eigenvalue weighted by molar-refractivity contribution is -0.155. The minimum atomic E-state index is -0.763. The van der Waals surface area contributed by atoms with Gasteiger partial charge in [0.1, 0.15) is 36.8 Å². The molecular weight excluding hydrogens is 406 g/mol. The SMILES string of the molecule is CC(C)[C@H](N)C(=O)OC[C@H]1C[C@H](n2ccc(N)nc2=O)O[C@@H]1COC(=O)[C@@H](N)C(C)C. The molecule has 2 heterocycles. The molecule has 0 unspecified atom stereocenters. The van der Waals surface area contributed by atoms with Gasteiger partial charge in [0, 0.05) is 18.5 Å². The van der Waals surface area contributed by atoms with Crippen LogP contribution in [-0.2, 0) is 23.8 Å². The van der Waals surface area contributed by atoms with E-state index in [1.165, 1.54) is 16.8 Å². The van der Waals surface area contributed by atoms with Crippen molar-refractivity contribution in [2.75, 3.05) is 18.9 Å². The fraction of sp³-hybridized carbons (Fsp3) is 0.700. The van der Waals surface area contributed by atoms with Crippen LogP contribution in [-0.4, -0.2) is 52.9 Å². The molecule has 11 heteroatoms. The Morgan fingerprint density at radius 2 is 1.68 bits per heavy atom. The first kappa shape index (κ1) is 24.8. The molecule has 1 fully saturated rings. The van der Waals surface area contributed by atoms with Crippen LogP contribution in [0.5, 0.6) is 0 Å². The standard InChI is InChI=1S/C20H33N5O6/c1-10(2)16(22)18(26)29-8-12-7-15(25-6-5-14(21)24-20(25)28)31-13(12)9-30-19(27)17(23)11(3)4/h5-6,10-13,15-17H,7-9,22-23H2,1-4H3,(H2,21,24,28)/t12-,13-,15-,16+,17+/m1/s1. The highest BCUT2D eigenvalue weighted by atomic mass is 16.6. The molecule has 31 heavy (non-hydrogen) atoms. The summed E-state index contributed by atoms with van der Waals surface area (Å²) in [5, 5.41) is 0. The quantitative estimate of drug-likeness (QED) is 0.436. The average molecular weight is 440 g/mol. The van der Waals surface area contributed by atoms with Crippen molar-refractivity contribution in [3.05, 3.63) is 22.7 Å². The first-order valence-electron chi connectivity index (χ1n) is 10.4. The molecule has 5 atom stereocenters. The van der Waals surface area contributed by atoms with E-state index in [1.54, 1.807) is 0 Å². The summed E-state index contributed by atoms with van der Waals surface area (Å²) in [6, 6.07) is -0.0278. The Morgan fingerprint density at radius 1 is 1.13 bits per heavy atom. The van der Waals surface area contributed by atoms with E-state index in [9.17, 15) is 14.4 Å². The Kier molecular flexibility index (Phi) is 8.54. The first-order valence-corrected chi connectivity index (χ1v) is 10.4. The van der Waals surface area contributed by atoms with Crippen LogP contribution in [0.2, 0.25) is 0 Å². The van der Waals surface area contributed by atoms with Gasteiger partial charge in [-0.2, -0.15) is 4.98 Å². The highest BCUT2D eigenvalue weighted by molar-refractivity contribution is 5.76. The lowest BCUT2D eigenvalue weighted by atomic mass is 10.0. The van der Waals surface area contributed by atoms with Crippen LogP contribution in [0.15, 0.2) is 17.1 Å². The molecule has 174 valence electrons. The second-order valence-electron chi connectivity index (χ2n) is 8.47. The zero-order chi connectivity index (χ0) is 23.3. The zero-order valence-electron chi connectivity index (χ0n) is 18.4. The van der Waals surface area contributed by atoms with Crippen LogP contribution in [0, 0.1) is 17.8 Å². The molecule has 0 amide bonds. The number of carbonyl (C=O) groups is 2. The summed E-state index contributed by atoms with van der Waals surface area (Å²) in [6.45, 7) is 7.18. The normalized spacial score (nSPS) is 23.0. The van der Waals surface area contributed by atoms with Gasteiger partial charge in [-0.1, -0.05) is 27.7 Å². The Bertz CT molecular complexity index is 789. The number of nitrogens with two attached hydrogens (primary N) is 3. The number of nitrogens with zero attached hydrogens (tertiary/aromatic N) is 2. The van der Waals surface area contributed by atoms with Gasteiger partial charge in [0.2, 0.25) is 0 Å². The number of carbonyl (C=O) groups excluding carboxylic acids is 2. The van der Waals surface area contributed by atoms with Crippen molar-refractivity contribution >= 4 is 17.8 Å². The molecule has 0 radical (unpaired) electrons. The maximum atomic E-state index is 12.2. The van der Waals surface area contributed by atoms with Crippen molar-refractivity contribution in [2.24, 2.45) is 29.2 Å². The summed E-state index contributed by atoms with van der Waals surface area (Å²) in [5.74, 6) is -1.47. The molecule has 0 bridgehead atoms. The Balaban J connectivity index is 2.10. The summed E-state index contributed by atoms with van der Waals surface area (Å²) < 4.78 is 18.0. The van der Waals surface area contributed by atoms with Crippen LogP contribution in [0.1, 0.15) is 40.3 Å². The lowest BCUT2D eigenvalue weighted by Crippen LogP contribution is -2.40. The van der Waals surface area contributed by atoms with Crippen LogP contribution >= 0.6 is 0 Å². The van der Waals surface area contributed by atoms with Gasteiger partial charge in [0.15, 0.2) is 0 Å². The molecule has 0 saturated carbocycles. The van der Waals surface area contributed by atoms with E-state index in [1.807, 2.05) is 27.7 Å². The molecule has 11 nitrogen and oxygen atoms in total. The third kappa shape index (κ3) is 6.49. The smallest absolute Gasteiger partial charge is 0.351 e. The van der Waals surface area contributed by atoms with Crippen molar-refractivity contribution in [3.63, 3.8) is 0 Å². The predicted octanol–water partition coefficient (Wildman–Crippen LogP) is -0.218. The molecule has 0 spiro atoms. The topological polar surface area (TPSA) is 175 Å². The largest absolute Gasteiger partial charge is 0.464 e. The van der Waals surface area contributed by atoms with E-state index in [4.69, 9.17) is 31.4 Å². The summed E-state index contributed by atoms with van der Waals surface area (Å²) >= 11 is 0. The van der Waals surface area contributed by atoms with Gasteiger partial charge in [0.25, 0.3) is 0 Å². The van der Waals surface area contributed by atoms with Crippen LogP contribution in [0.4, 0.5) is 5.82 Å². The molecule has 1 aromatic heterocycles. The monoisotopic (exact) mass is 439 g/mol. The van der Waals surface area contributed by atoms with Crippen molar-refractivity contribution in [1.82, 2.24) is 9.55 Å². The summed E-state index contributed by atoms with van der Waals surface area (Å²) in [6.07, 6.45) is 0.538. The zero-order valence-corrected chi connectivity index (χ0v) is 18.4. The number of hydrogen-bond acceptors (Lipinski definition) is 10. The van der Waals surface area contributed by atoms with Crippen LogP contribution < -0.4 is 22.9 Å². The molecule has 6 N–H and O–H groups in total. The third-order valence-electron chi connectivity index (χ3n) is 5.33. The molecule has 2 rings (SSSR count). The van der Waals surface area contributed by atoms with Crippen LogP contribution in [0.3, 0.4) is 0 Å². The minimum absolute atomic E-state index is 0.00531. The number of aromatic nitrogens is 2. The van der Waals surface area contributed by atoms with E-state index >= 15 is 0 Å². The van der Waals surface area contributed by atoms with E-state index in [-0.39, 0.29) is 36.8 Å². The van der Waals surface area contributed by atoms with Gasteiger partial charge < -0.3 is 31.4 Å². The summed E-state index contributed by atoms with van der Waals surface area (Å²) in [4.78, 5) is 40.2. The minimum Gasteiger partial charge on any atom is -0.464 e. The number of anilines is 1. The molecular formula is C20H33N5O6. The Hall–Kier alpha value is -2.50. The number of esters is 2. The first-order chi connectivity index (χ1) is 14.5. The number of rotatable bonds is 9. The van der Waals surface area contributed by atoms with Crippen molar-refractivity contribution in [3.8, 4) is 0 Å². The molecule has 1 aliphatic heterocycles. The third-order valence-corrected chi connectivity index (χ3v) is 5.33. The fourth-order valence-corrected chi connectivity index (χ4v) is 3.04. The summed E-state index contributed by atoms with van der Waals surface area (Å²) in [5.41, 5.74) is 16.6. The lowest BCUT2D eigenvalue weighted by Gasteiger charge is -2.21. The number of nitrogen functional groups attached to an aromatic ring is 1. The van der Waals surface area contributed by atoms with Gasteiger partial charge in [-0.3, -0.25) is 14.2 Å². The van der Waals surface area contributed by atoms with Gasteiger partial charge in [0.05, 0.1) is 6.61 Å². The number of hydrogen-bond donors (Lipinski definition) is 3. The average Bonchev–Trinajstić information content (AvgIpc) is 3.11. The van der Waals surface area contributed by atoms with Crippen molar-refractivity contribution in [1.29, 1.82) is 0 Å². The number of ether oxygens (including phenoxy) is 3. The predicted molar refractivity (Wildman–Crippen MR) is 112 cm³/mol. The maximum absolute atomic E-state index is 12.2. The molecule has 1 aromatic rings. The molecule has 1 saturated heterocycles. The summed E-state index contributed by atoms with van der Waals surface area (Å²) in [7, 11) is 0. The second-order valence-corrected chi connectivity index (χ2v) is 8.47. The fourth-order valence-electron chi connectivity index (χ4n) is 3.04. The molecule has 1 aliphatic rings. The van der Waals surface area contributed by atoms with E-state index < -0.39 is 42.0 Å². The second kappa shape index (κ2) is 10.7. The van der Waals surface area contributed by atoms with Gasteiger partial charge in [-0.25, -0.2) is 4.79 Å². The van der Waals surface area contributed by atoms with E-state index in [2.05, 4.69) is 4.98 Å². The molecule has 0 aromatic carbocycles. The Labute approximate surface area is 181 Å². The van der Waals surface area contributed by atoms with Gasteiger partial charge in [-0.15, -0.1) is 0 Å². The highest BCUT2D eigenvalue weighted by Crippen LogP contribution is 2.33. The maximum Gasteiger partial charge on any atom is 0.351 e. The van der Waals surface area contributed by atoms with Gasteiger partial charge >= 0.3 is 17.6 Å². The van der Waals surface area contributed by atoms with Crippen molar-refractivity contribution < 1.29 is 23.8 Å². The van der Waals surface area contributed by atoms with E-state index in [0.29, 0.717) is 6.42 Å². The highest BCUT2D eigenvalue weighted by Gasteiger charge is 2.39. The van der Waals surface area contributed by atoms with Crippen LogP contribution in [0.25, 0.3) is 0 Å².